The van der Waals surface area contributed by atoms with Gasteiger partial charge < -0.3 is 15.8 Å². The van der Waals surface area contributed by atoms with Gasteiger partial charge in [-0.1, -0.05) is 17.7 Å². The number of esters is 1. The van der Waals surface area contributed by atoms with Gasteiger partial charge in [0.25, 0.3) is 5.91 Å². The fourth-order valence-electron chi connectivity index (χ4n) is 2.40. The average Bonchev–Trinajstić information content (AvgIpc) is 2.61. The van der Waals surface area contributed by atoms with Crippen molar-refractivity contribution in [3.05, 3.63) is 58.7 Å². The fourth-order valence-corrected chi connectivity index (χ4v) is 2.40. The van der Waals surface area contributed by atoms with Crippen molar-refractivity contribution in [1.29, 1.82) is 0 Å². The minimum absolute atomic E-state index is 0.328. The SMILES string of the molecule is Cc1ccc(NC(=O)NC(=O)COC(=O)c2ccc(C(F)(F)F)cc2N)c(C)c1. The van der Waals surface area contributed by atoms with E-state index in [-0.39, 0.29) is 5.56 Å². The lowest BCUT2D eigenvalue weighted by molar-refractivity contribution is -0.137. The highest BCUT2D eigenvalue weighted by Gasteiger charge is 2.31. The zero-order valence-electron chi connectivity index (χ0n) is 15.5. The van der Waals surface area contributed by atoms with Gasteiger partial charge in [0.05, 0.1) is 11.1 Å². The molecule has 3 amide bonds. The minimum atomic E-state index is -4.61. The van der Waals surface area contributed by atoms with Crippen LogP contribution >= 0.6 is 0 Å². The fraction of sp³-hybridized carbons (Fsp3) is 0.211. The number of nitrogens with one attached hydrogen (secondary N) is 2. The number of aryl methyl sites for hydroxylation is 2. The molecule has 0 saturated carbocycles. The summed E-state index contributed by atoms with van der Waals surface area (Å²) in [7, 11) is 0. The van der Waals surface area contributed by atoms with Crippen molar-refractivity contribution >= 4 is 29.3 Å². The molecule has 0 fully saturated rings. The van der Waals surface area contributed by atoms with Gasteiger partial charge in [-0.05, 0) is 43.7 Å². The van der Waals surface area contributed by atoms with E-state index in [1.54, 1.807) is 19.1 Å². The van der Waals surface area contributed by atoms with Crippen LogP contribution in [0.15, 0.2) is 36.4 Å². The molecule has 0 heterocycles. The van der Waals surface area contributed by atoms with Crippen LogP contribution in [-0.2, 0) is 15.7 Å². The number of amides is 3. The van der Waals surface area contributed by atoms with E-state index in [1.807, 2.05) is 18.3 Å². The lowest BCUT2D eigenvalue weighted by Crippen LogP contribution is -2.37. The molecular weight excluding hydrogens is 391 g/mol. The number of alkyl halides is 3. The van der Waals surface area contributed by atoms with Gasteiger partial charge >= 0.3 is 18.2 Å². The van der Waals surface area contributed by atoms with Crippen LogP contribution < -0.4 is 16.4 Å². The first-order valence-corrected chi connectivity index (χ1v) is 8.29. The summed E-state index contributed by atoms with van der Waals surface area (Å²) in [6, 6.07) is 6.58. The summed E-state index contributed by atoms with van der Waals surface area (Å²) in [4.78, 5) is 35.5. The summed E-state index contributed by atoms with van der Waals surface area (Å²) >= 11 is 0. The molecule has 0 unspecified atom stereocenters. The monoisotopic (exact) mass is 409 g/mol. The molecule has 10 heteroatoms. The molecule has 0 aliphatic heterocycles. The quantitative estimate of drug-likeness (QED) is 0.530. The van der Waals surface area contributed by atoms with Crippen LogP contribution in [0.4, 0.5) is 29.3 Å². The number of imide groups is 1. The van der Waals surface area contributed by atoms with Crippen LogP contribution in [0, 0.1) is 13.8 Å². The van der Waals surface area contributed by atoms with Gasteiger partial charge in [-0.3, -0.25) is 10.1 Å². The normalized spacial score (nSPS) is 10.9. The first-order chi connectivity index (χ1) is 13.5. The molecule has 0 bridgehead atoms. The number of nitrogen functional groups attached to an aromatic ring is 1. The smallest absolute Gasteiger partial charge is 0.416 e. The van der Waals surface area contributed by atoms with Crippen molar-refractivity contribution in [3.8, 4) is 0 Å². The lowest BCUT2D eigenvalue weighted by Gasteiger charge is -2.11. The Kier molecular flexibility index (Phi) is 6.47. The van der Waals surface area contributed by atoms with Crippen molar-refractivity contribution in [2.45, 2.75) is 20.0 Å². The summed E-state index contributed by atoms with van der Waals surface area (Å²) in [5, 5.41) is 4.45. The zero-order chi connectivity index (χ0) is 21.8. The minimum Gasteiger partial charge on any atom is -0.452 e. The first-order valence-electron chi connectivity index (χ1n) is 8.29. The maximum atomic E-state index is 12.6. The molecule has 2 aromatic rings. The Bertz CT molecular complexity index is 958. The van der Waals surface area contributed by atoms with E-state index in [2.05, 4.69) is 5.32 Å². The van der Waals surface area contributed by atoms with E-state index in [9.17, 15) is 27.6 Å². The number of carbonyl (C=O) groups excluding carboxylic acids is 3. The number of hydrogen-bond acceptors (Lipinski definition) is 5. The summed E-state index contributed by atoms with van der Waals surface area (Å²) in [6.45, 7) is 2.85. The van der Waals surface area contributed by atoms with Gasteiger partial charge in [0, 0.05) is 11.4 Å². The largest absolute Gasteiger partial charge is 0.452 e. The first kappa shape index (κ1) is 21.7. The van der Waals surface area contributed by atoms with E-state index < -0.39 is 41.9 Å². The van der Waals surface area contributed by atoms with E-state index in [0.29, 0.717) is 17.8 Å². The second-order valence-electron chi connectivity index (χ2n) is 6.20. The third-order valence-corrected chi connectivity index (χ3v) is 3.82. The number of halogens is 3. The number of anilines is 2. The van der Waals surface area contributed by atoms with Gasteiger partial charge in [-0.25, -0.2) is 9.59 Å². The maximum Gasteiger partial charge on any atom is 0.416 e. The van der Waals surface area contributed by atoms with Gasteiger partial charge in [0.1, 0.15) is 0 Å². The number of rotatable bonds is 4. The highest BCUT2D eigenvalue weighted by molar-refractivity contribution is 6.03. The predicted molar refractivity (Wildman–Crippen MR) is 99.2 cm³/mol. The molecular formula is C19H18F3N3O4. The van der Waals surface area contributed by atoms with E-state index in [4.69, 9.17) is 10.5 Å². The number of carbonyl (C=O) groups is 3. The third-order valence-electron chi connectivity index (χ3n) is 3.82. The summed E-state index contributed by atoms with van der Waals surface area (Å²) in [5.74, 6) is -2.02. The Labute approximate surface area is 164 Å². The number of ether oxygens (including phenoxy) is 1. The van der Waals surface area contributed by atoms with Crippen LogP contribution in [0.2, 0.25) is 0 Å². The van der Waals surface area contributed by atoms with Crippen molar-refractivity contribution in [2.75, 3.05) is 17.7 Å². The van der Waals surface area contributed by atoms with Crippen molar-refractivity contribution in [1.82, 2.24) is 5.32 Å². The number of benzene rings is 2. The summed E-state index contributed by atoms with van der Waals surface area (Å²) in [6.07, 6.45) is -4.61. The average molecular weight is 409 g/mol. The summed E-state index contributed by atoms with van der Waals surface area (Å²) in [5.41, 5.74) is 5.94. The van der Waals surface area contributed by atoms with Crippen LogP contribution in [0.25, 0.3) is 0 Å². The second kappa shape index (κ2) is 8.63. The van der Waals surface area contributed by atoms with Crippen LogP contribution in [0.3, 0.4) is 0 Å². The molecule has 0 radical (unpaired) electrons. The Morgan fingerprint density at radius 3 is 2.34 bits per heavy atom. The number of hydrogen-bond donors (Lipinski definition) is 3. The van der Waals surface area contributed by atoms with Crippen molar-refractivity contribution < 1.29 is 32.3 Å². The number of urea groups is 1. The molecule has 0 aliphatic rings. The Morgan fingerprint density at radius 2 is 1.76 bits per heavy atom. The summed E-state index contributed by atoms with van der Waals surface area (Å²) < 4.78 is 42.5. The third kappa shape index (κ3) is 5.96. The lowest BCUT2D eigenvalue weighted by atomic mass is 10.1. The van der Waals surface area contributed by atoms with E-state index in [1.165, 1.54) is 0 Å². The van der Waals surface area contributed by atoms with Crippen LogP contribution in [0.5, 0.6) is 0 Å². The van der Waals surface area contributed by atoms with Gasteiger partial charge in [-0.2, -0.15) is 13.2 Å². The zero-order valence-corrected chi connectivity index (χ0v) is 15.5. The highest BCUT2D eigenvalue weighted by atomic mass is 19.4. The standard InChI is InChI=1S/C19H18F3N3O4/c1-10-3-6-15(11(2)7-10)24-18(28)25-16(26)9-29-17(27)13-5-4-12(8-14(13)23)19(20,21)22/h3-8H,9,23H2,1-2H3,(H2,24,25,26,28). The molecule has 7 nitrogen and oxygen atoms in total. The highest BCUT2D eigenvalue weighted by Crippen LogP contribution is 2.31. The molecule has 2 aromatic carbocycles. The second-order valence-corrected chi connectivity index (χ2v) is 6.20. The van der Waals surface area contributed by atoms with Crippen molar-refractivity contribution in [2.24, 2.45) is 0 Å². The molecule has 0 saturated heterocycles. The van der Waals surface area contributed by atoms with E-state index in [0.717, 1.165) is 17.2 Å². The van der Waals surface area contributed by atoms with Crippen LogP contribution in [-0.4, -0.2) is 24.5 Å². The maximum absolute atomic E-state index is 12.6. The van der Waals surface area contributed by atoms with Gasteiger partial charge in [0.15, 0.2) is 6.61 Å². The predicted octanol–water partition coefficient (Wildman–Crippen LogP) is 3.41. The van der Waals surface area contributed by atoms with E-state index >= 15 is 0 Å². The van der Waals surface area contributed by atoms with Gasteiger partial charge in [-0.15, -0.1) is 0 Å². The molecule has 0 aromatic heterocycles. The molecule has 0 atom stereocenters. The molecule has 0 spiro atoms. The number of nitrogens with two attached hydrogens (primary N) is 1. The Balaban J connectivity index is 1.90. The molecule has 0 aliphatic carbocycles. The molecule has 29 heavy (non-hydrogen) atoms. The molecule has 2 rings (SSSR count). The Hall–Kier alpha value is -3.56. The molecule has 4 N–H and O–H groups in total. The van der Waals surface area contributed by atoms with Gasteiger partial charge in [0.2, 0.25) is 0 Å². The Morgan fingerprint density at radius 1 is 1.07 bits per heavy atom. The molecule has 154 valence electrons. The van der Waals surface area contributed by atoms with Crippen LogP contribution in [0.1, 0.15) is 27.0 Å². The topological polar surface area (TPSA) is 111 Å². The van der Waals surface area contributed by atoms with Crippen molar-refractivity contribution in [3.63, 3.8) is 0 Å².